The molecule has 2 aromatic rings. The summed E-state index contributed by atoms with van der Waals surface area (Å²) >= 11 is 0. The lowest BCUT2D eigenvalue weighted by molar-refractivity contribution is -0.144. The molecule has 6 heteroatoms. The largest absolute Gasteiger partial charge is 0.464 e. The van der Waals surface area contributed by atoms with Crippen LogP contribution in [0.5, 0.6) is 0 Å². The number of carbonyl (C=O) groups is 2. The van der Waals surface area contributed by atoms with Crippen LogP contribution in [0.3, 0.4) is 0 Å². The Labute approximate surface area is 172 Å². The molecule has 0 radical (unpaired) electrons. The Bertz CT molecular complexity index is 800. The van der Waals surface area contributed by atoms with E-state index in [-0.39, 0.29) is 23.7 Å². The number of Topliss-reactive ketones (excluding diaryl/α,β-unsaturated/α-hetero) is 1. The molecule has 1 unspecified atom stereocenters. The molecule has 0 aliphatic carbocycles. The van der Waals surface area contributed by atoms with E-state index in [4.69, 9.17) is 4.74 Å². The van der Waals surface area contributed by atoms with Gasteiger partial charge in [0.15, 0.2) is 5.78 Å². The van der Waals surface area contributed by atoms with Gasteiger partial charge in [0.25, 0.3) is 0 Å². The zero-order valence-electron chi connectivity index (χ0n) is 17.1. The summed E-state index contributed by atoms with van der Waals surface area (Å²) in [5, 5.41) is 3.18. The number of aromatic nitrogens is 1. The van der Waals surface area contributed by atoms with Crippen LogP contribution in [-0.4, -0.2) is 42.5 Å². The van der Waals surface area contributed by atoms with Gasteiger partial charge in [0, 0.05) is 24.6 Å². The van der Waals surface area contributed by atoms with Crippen LogP contribution < -0.4 is 10.2 Å². The minimum atomic E-state index is -0.373. The van der Waals surface area contributed by atoms with Crippen molar-refractivity contribution in [2.75, 3.05) is 29.9 Å². The van der Waals surface area contributed by atoms with Crippen molar-refractivity contribution >= 4 is 23.3 Å². The maximum atomic E-state index is 12.6. The van der Waals surface area contributed by atoms with Gasteiger partial charge in [-0.25, -0.2) is 9.78 Å². The molecule has 0 amide bonds. The number of nitrogens with one attached hydrogen (secondary N) is 1. The molecule has 1 saturated heterocycles. The Morgan fingerprint density at radius 1 is 1.14 bits per heavy atom. The second-order valence-corrected chi connectivity index (χ2v) is 7.25. The van der Waals surface area contributed by atoms with Crippen LogP contribution in [0.25, 0.3) is 0 Å². The molecule has 6 nitrogen and oxygen atoms in total. The summed E-state index contributed by atoms with van der Waals surface area (Å²) in [5.74, 6) is 0.960. The second-order valence-electron chi connectivity index (χ2n) is 7.25. The van der Waals surface area contributed by atoms with E-state index in [1.165, 1.54) is 0 Å². The van der Waals surface area contributed by atoms with Crippen molar-refractivity contribution < 1.29 is 14.3 Å². The number of esters is 1. The topological polar surface area (TPSA) is 71.5 Å². The molecule has 1 aromatic carbocycles. The van der Waals surface area contributed by atoms with Crippen LogP contribution in [0.4, 0.5) is 11.5 Å². The van der Waals surface area contributed by atoms with Crippen molar-refractivity contribution in [2.45, 2.75) is 39.2 Å². The quantitative estimate of drug-likeness (QED) is 0.539. The Morgan fingerprint density at radius 2 is 1.86 bits per heavy atom. The van der Waals surface area contributed by atoms with E-state index >= 15 is 0 Å². The van der Waals surface area contributed by atoms with Crippen LogP contribution in [0, 0.1) is 5.92 Å². The average molecular weight is 396 g/mol. The molecule has 1 aliphatic heterocycles. The third-order valence-electron chi connectivity index (χ3n) is 5.32. The molecule has 2 heterocycles. The van der Waals surface area contributed by atoms with Crippen molar-refractivity contribution in [3.8, 4) is 0 Å². The zero-order valence-corrected chi connectivity index (χ0v) is 17.1. The number of hydrogen-bond donors (Lipinski definition) is 1. The van der Waals surface area contributed by atoms with Crippen LogP contribution in [0.15, 0.2) is 48.7 Å². The van der Waals surface area contributed by atoms with Crippen molar-refractivity contribution in [3.63, 3.8) is 0 Å². The SMILES string of the molecule is CCOC(=O)C(CC)Nc1ccc(N2CCC(C(=O)c3ccccc3)CC2)nc1. The highest BCUT2D eigenvalue weighted by atomic mass is 16.5. The third kappa shape index (κ3) is 5.34. The summed E-state index contributed by atoms with van der Waals surface area (Å²) in [7, 11) is 0. The van der Waals surface area contributed by atoms with E-state index in [9.17, 15) is 9.59 Å². The third-order valence-corrected chi connectivity index (χ3v) is 5.32. The smallest absolute Gasteiger partial charge is 0.328 e. The minimum absolute atomic E-state index is 0.0736. The standard InChI is InChI=1S/C23H29N3O3/c1-3-20(23(28)29-4-2)25-19-10-11-21(24-16-19)26-14-12-18(13-15-26)22(27)17-8-6-5-7-9-17/h5-11,16,18,20,25H,3-4,12-15H2,1-2H3. The molecule has 0 bridgehead atoms. The number of rotatable bonds is 8. The lowest BCUT2D eigenvalue weighted by atomic mass is 9.89. The Morgan fingerprint density at radius 3 is 2.45 bits per heavy atom. The molecule has 1 atom stereocenters. The van der Waals surface area contributed by atoms with Gasteiger partial charge < -0.3 is 15.0 Å². The molecule has 0 saturated carbocycles. The number of anilines is 2. The van der Waals surface area contributed by atoms with E-state index in [0.29, 0.717) is 13.0 Å². The van der Waals surface area contributed by atoms with Gasteiger partial charge in [-0.05, 0) is 38.3 Å². The highest BCUT2D eigenvalue weighted by Crippen LogP contribution is 2.25. The van der Waals surface area contributed by atoms with E-state index in [2.05, 4.69) is 15.2 Å². The molecular formula is C23H29N3O3. The maximum Gasteiger partial charge on any atom is 0.328 e. The van der Waals surface area contributed by atoms with Crippen LogP contribution in [-0.2, 0) is 9.53 Å². The van der Waals surface area contributed by atoms with Crippen LogP contribution in [0.2, 0.25) is 0 Å². The van der Waals surface area contributed by atoms with E-state index in [0.717, 1.165) is 43.0 Å². The molecule has 0 spiro atoms. The lowest BCUT2D eigenvalue weighted by Crippen LogP contribution is -2.36. The predicted molar refractivity (Wildman–Crippen MR) is 114 cm³/mol. The molecular weight excluding hydrogens is 366 g/mol. The molecule has 1 fully saturated rings. The number of ether oxygens (including phenoxy) is 1. The highest BCUT2D eigenvalue weighted by Gasteiger charge is 2.26. The van der Waals surface area contributed by atoms with E-state index in [1.54, 1.807) is 13.1 Å². The van der Waals surface area contributed by atoms with Crippen molar-refractivity contribution in [1.29, 1.82) is 0 Å². The Kier molecular flexibility index (Phi) is 7.22. The van der Waals surface area contributed by atoms with Gasteiger partial charge in [0.1, 0.15) is 11.9 Å². The van der Waals surface area contributed by atoms with Crippen LogP contribution >= 0.6 is 0 Å². The van der Waals surface area contributed by atoms with Crippen molar-refractivity contribution in [3.05, 3.63) is 54.2 Å². The summed E-state index contributed by atoms with van der Waals surface area (Å²) in [6.45, 7) is 5.73. The molecule has 29 heavy (non-hydrogen) atoms. The van der Waals surface area contributed by atoms with Crippen molar-refractivity contribution in [1.82, 2.24) is 4.98 Å². The number of carbonyl (C=O) groups excluding carboxylic acids is 2. The number of pyridine rings is 1. The van der Waals surface area contributed by atoms with Gasteiger partial charge in [-0.3, -0.25) is 4.79 Å². The number of nitrogens with zero attached hydrogens (tertiary/aromatic N) is 2. The van der Waals surface area contributed by atoms with E-state index < -0.39 is 0 Å². The first-order valence-corrected chi connectivity index (χ1v) is 10.4. The fourth-order valence-corrected chi connectivity index (χ4v) is 3.64. The maximum absolute atomic E-state index is 12.6. The molecule has 3 rings (SSSR count). The highest BCUT2D eigenvalue weighted by molar-refractivity contribution is 5.97. The summed E-state index contributed by atoms with van der Waals surface area (Å²) in [4.78, 5) is 31.3. The zero-order chi connectivity index (χ0) is 20.6. The Hall–Kier alpha value is -2.89. The first-order chi connectivity index (χ1) is 14.1. The first-order valence-electron chi connectivity index (χ1n) is 10.4. The van der Waals surface area contributed by atoms with E-state index in [1.807, 2.05) is 49.4 Å². The molecule has 1 aliphatic rings. The number of piperidine rings is 1. The predicted octanol–water partition coefficient (Wildman–Crippen LogP) is 3.93. The fraction of sp³-hybridized carbons (Fsp3) is 0.435. The minimum Gasteiger partial charge on any atom is -0.464 e. The summed E-state index contributed by atoms with van der Waals surface area (Å²) in [5.41, 5.74) is 1.59. The van der Waals surface area contributed by atoms with Gasteiger partial charge in [-0.2, -0.15) is 0 Å². The van der Waals surface area contributed by atoms with Gasteiger partial charge >= 0.3 is 5.97 Å². The number of hydrogen-bond acceptors (Lipinski definition) is 6. The number of ketones is 1. The second kappa shape index (κ2) is 10.0. The van der Waals surface area contributed by atoms with Gasteiger partial charge in [0.05, 0.1) is 18.5 Å². The fourth-order valence-electron chi connectivity index (χ4n) is 3.64. The summed E-state index contributed by atoms with van der Waals surface area (Å²) in [6, 6.07) is 13.1. The van der Waals surface area contributed by atoms with Gasteiger partial charge in [-0.15, -0.1) is 0 Å². The average Bonchev–Trinajstić information content (AvgIpc) is 2.78. The summed E-state index contributed by atoms with van der Waals surface area (Å²) in [6.07, 6.45) is 4.05. The monoisotopic (exact) mass is 395 g/mol. The lowest BCUT2D eigenvalue weighted by Gasteiger charge is -2.32. The molecule has 1 N–H and O–H groups in total. The molecule has 154 valence electrons. The van der Waals surface area contributed by atoms with Gasteiger partial charge in [-0.1, -0.05) is 37.3 Å². The number of benzene rings is 1. The summed E-state index contributed by atoms with van der Waals surface area (Å²) < 4.78 is 5.09. The molecule has 1 aromatic heterocycles. The first kappa shape index (κ1) is 20.8. The van der Waals surface area contributed by atoms with Crippen molar-refractivity contribution in [2.24, 2.45) is 5.92 Å². The normalized spacial score (nSPS) is 15.6. The Balaban J connectivity index is 1.55. The van der Waals surface area contributed by atoms with Crippen LogP contribution in [0.1, 0.15) is 43.5 Å². The van der Waals surface area contributed by atoms with Gasteiger partial charge in [0.2, 0.25) is 0 Å².